The summed E-state index contributed by atoms with van der Waals surface area (Å²) < 4.78 is 0. The van der Waals surface area contributed by atoms with Crippen LogP contribution in [0, 0.1) is 24.2 Å². The lowest BCUT2D eigenvalue weighted by Gasteiger charge is -2.04. The van der Waals surface area contributed by atoms with Gasteiger partial charge in [-0.05, 0) is 18.8 Å². The SMILES string of the molecule is C#C[C@@H]1CCCC1C. The van der Waals surface area contributed by atoms with Crippen LogP contribution in [0.25, 0.3) is 0 Å². The number of rotatable bonds is 0. The Balaban J connectivity index is 2.45. The molecule has 0 saturated heterocycles. The molecule has 1 saturated carbocycles. The van der Waals surface area contributed by atoms with Crippen molar-refractivity contribution in [1.29, 1.82) is 0 Å². The summed E-state index contributed by atoms with van der Waals surface area (Å²) in [5.74, 6) is 4.20. The first-order chi connectivity index (χ1) is 3.84. The lowest BCUT2D eigenvalue weighted by Crippen LogP contribution is -1.98. The van der Waals surface area contributed by atoms with Crippen LogP contribution in [0.15, 0.2) is 0 Å². The third kappa shape index (κ3) is 0.865. The van der Waals surface area contributed by atoms with Gasteiger partial charge in [-0.15, -0.1) is 12.3 Å². The highest BCUT2D eigenvalue weighted by Crippen LogP contribution is 2.29. The fraction of sp³-hybridized carbons (Fsp3) is 0.750. The molecule has 0 aromatic carbocycles. The van der Waals surface area contributed by atoms with Crippen LogP contribution in [-0.2, 0) is 0 Å². The Morgan fingerprint density at radius 2 is 2.25 bits per heavy atom. The normalized spacial score (nSPS) is 37.0. The van der Waals surface area contributed by atoms with Crippen molar-refractivity contribution in [2.45, 2.75) is 26.2 Å². The molecule has 0 amide bonds. The van der Waals surface area contributed by atoms with Gasteiger partial charge in [0.25, 0.3) is 0 Å². The van der Waals surface area contributed by atoms with E-state index in [0.29, 0.717) is 5.92 Å². The molecule has 44 valence electrons. The van der Waals surface area contributed by atoms with Gasteiger partial charge in [0.2, 0.25) is 0 Å². The maximum absolute atomic E-state index is 5.27. The quantitative estimate of drug-likeness (QED) is 0.417. The summed E-state index contributed by atoms with van der Waals surface area (Å²) in [6.07, 6.45) is 9.22. The van der Waals surface area contributed by atoms with E-state index in [-0.39, 0.29) is 0 Å². The van der Waals surface area contributed by atoms with Crippen LogP contribution < -0.4 is 0 Å². The van der Waals surface area contributed by atoms with Crippen LogP contribution in [-0.4, -0.2) is 0 Å². The van der Waals surface area contributed by atoms with Crippen LogP contribution in [0.1, 0.15) is 26.2 Å². The van der Waals surface area contributed by atoms with Crippen molar-refractivity contribution in [3.8, 4) is 12.3 Å². The highest BCUT2D eigenvalue weighted by molar-refractivity contribution is 4.97. The Kier molecular flexibility index (Phi) is 1.58. The highest BCUT2D eigenvalue weighted by atomic mass is 14.2. The Bertz CT molecular complexity index is 108. The van der Waals surface area contributed by atoms with E-state index in [1.807, 2.05) is 0 Å². The Morgan fingerprint density at radius 3 is 2.50 bits per heavy atom. The monoisotopic (exact) mass is 108 g/mol. The molecule has 1 rings (SSSR count). The second-order valence-electron chi connectivity index (χ2n) is 2.68. The molecule has 1 aliphatic carbocycles. The molecule has 1 unspecified atom stereocenters. The van der Waals surface area contributed by atoms with E-state index in [1.54, 1.807) is 0 Å². The first-order valence-corrected chi connectivity index (χ1v) is 3.30. The van der Waals surface area contributed by atoms with Gasteiger partial charge < -0.3 is 0 Å². The molecule has 0 nitrogen and oxygen atoms in total. The maximum Gasteiger partial charge on any atom is 0.0225 e. The summed E-state index contributed by atoms with van der Waals surface area (Å²) in [5.41, 5.74) is 0. The van der Waals surface area contributed by atoms with Crippen molar-refractivity contribution in [3.63, 3.8) is 0 Å². The molecule has 0 aromatic heterocycles. The molecule has 0 aliphatic heterocycles. The van der Waals surface area contributed by atoms with Gasteiger partial charge in [-0.1, -0.05) is 13.3 Å². The highest BCUT2D eigenvalue weighted by Gasteiger charge is 2.20. The molecular formula is C8H12. The van der Waals surface area contributed by atoms with Crippen molar-refractivity contribution in [3.05, 3.63) is 0 Å². The smallest absolute Gasteiger partial charge is 0.0225 e. The van der Waals surface area contributed by atoms with Gasteiger partial charge in [0.05, 0.1) is 0 Å². The molecule has 0 N–H and O–H groups in total. The van der Waals surface area contributed by atoms with Crippen molar-refractivity contribution < 1.29 is 0 Å². The predicted molar refractivity (Wildman–Crippen MR) is 35.3 cm³/mol. The van der Waals surface area contributed by atoms with E-state index in [1.165, 1.54) is 19.3 Å². The fourth-order valence-electron chi connectivity index (χ4n) is 1.39. The van der Waals surface area contributed by atoms with Gasteiger partial charge in [0.15, 0.2) is 0 Å². The van der Waals surface area contributed by atoms with Gasteiger partial charge in [0.1, 0.15) is 0 Å². The molecule has 0 heteroatoms. The summed E-state index contributed by atoms with van der Waals surface area (Å²) in [4.78, 5) is 0. The third-order valence-electron chi connectivity index (χ3n) is 2.08. The zero-order valence-corrected chi connectivity index (χ0v) is 5.35. The van der Waals surface area contributed by atoms with Crippen LogP contribution in [0.2, 0.25) is 0 Å². The van der Waals surface area contributed by atoms with Crippen LogP contribution >= 0.6 is 0 Å². The van der Waals surface area contributed by atoms with Crippen molar-refractivity contribution in [1.82, 2.24) is 0 Å². The average molecular weight is 108 g/mol. The largest absolute Gasteiger partial charge is 0.120 e. The maximum atomic E-state index is 5.27. The lowest BCUT2D eigenvalue weighted by molar-refractivity contribution is 0.519. The third-order valence-corrected chi connectivity index (χ3v) is 2.08. The molecule has 0 bridgehead atoms. The van der Waals surface area contributed by atoms with Crippen molar-refractivity contribution >= 4 is 0 Å². The van der Waals surface area contributed by atoms with Crippen LogP contribution in [0.3, 0.4) is 0 Å². The van der Waals surface area contributed by atoms with Gasteiger partial charge in [0, 0.05) is 5.92 Å². The molecule has 2 atom stereocenters. The van der Waals surface area contributed by atoms with E-state index >= 15 is 0 Å². The zero-order chi connectivity index (χ0) is 5.98. The first kappa shape index (κ1) is 5.69. The van der Waals surface area contributed by atoms with E-state index < -0.39 is 0 Å². The fourth-order valence-corrected chi connectivity index (χ4v) is 1.39. The molecule has 1 fully saturated rings. The number of terminal acetylenes is 1. The Hall–Kier alpha value is -0.440. The summed E-state index contributed by atoms with van der Waals surface area (Å²) in [6, 6.07) is 0. The van der Waals surface area contributed by atoms with Crippen molar-refractivity contribution in [2.24, 2.45) is 11.8 Å². The standard InChI is InChI=1S/C8H12/c1-3-8-6-4-5-7(8)2/h1,7-8H,4-6H2,2H3/t7?,8-/m1/s1. The molecule has 0 radical (unpaired) electrons. The number of hydrogen-bond donors (Lipinski definition) is 0. The topological polar surface area (TPSA) is 0 Å². The van der Waals surface area contributed by atoms with Gasteiger partial charge in [-0.2, -0.15) is 0 Å². The first-order valence-electron chi connectivity index (χ1n) is 3.30. The molecule has 1 aliphatic rings. The predicted octanol–water partition coefficient (Wildman–Crippen LogP) is 2.06. The van der Waals surface area contributed by atoms with Crippen LogP contribution in [0.4, 0.5) is 0 Å². The van der Waals surface area contributed by atoms with E-state index in [0.717, 1.165) is 5.92 Å². The van der Waals surface area contributed by atoms with E-state index in [4.69, 9.17) is 6.42 Å². The molecule has 8 heavy (non-hydrogen) atoms. The average Bonchev–Trinajstić information content (AvgIpc) is 2.14. The number of hydrogen-bond acceptors (Lipinski definition) is 0. The molecular weight excluding hydrogens is 96.1 g/mol. The molecule has 0 heterocycles. The van der Waals surface area contributed by atoms with E-state index in [9.17, 15) is 0 Å². The van der Waals surface area contributed by atoms with Gasteiger partial charge >= 0.3 is 0 Å². The zero-order valence-electron chi connectivity index (χ0n) is 5.35. The van der Waals surface area contributed by atoms with Crippen molar-refractivity contribution in [2.75, 3.05) is 0 Å². The van der Waals surface area contributed by atoms with Gasteiger partial charge in [-0.3, -0.25) is 0 Å². The minimum atomic E-state index is 0.593. The van der Waals surface area contributed by atoms with Crippen LogP contribution in [0.5, 0.6) is 0 Å². The Labute approximate surface area is 51.3 Å². The minimum absolute atomic E-state index is 0.593. The minimum Gasteiger partial charge on any atom is -0.120 e. The summed E-state index contributed by atoms with van der Waals surface area (Å²) in [5, 5.41) is 0. The summed E-state index contributed by atoms with van der Waals surface area (Å²) in [7, 11) is 0. The van der Waals surface area contributed by atoms with Gasteiger partial charge in [-0.25, -0.2) is 0 Å². The second-order valence-corrected chi connectivity index (χ2v) is 2.68. The second kappa shape index (κ2) is 2.22. The van der Waals surface area contributed by atoms with E-state index in [2.05, 4.69) is 12.8 Å². The molecule has 0 spiro atoms. The molecule has 0 aromatic rings. The summed E-state index contributed by atoms with van der Waals surface area (Å²) in [6.45, 7) is 2.25. The summed E-state index contributed by atoms with van der Waals surface area (Å²) >= 11 is 0. The Morgan fingerprint density at radius 1 is 1.50 bits per heavy atom. The lowest BCUT2D eigenvalue weighted by atomic mass is 10.00.